The van der Waals surface area contributed by atoms with Crippen LogP contribution in [0.1, 0.15) is 27.8 Å². The molecule has 1 aromatic rings. The molecule has 1 aromatic carbocycles. The highest BCUT2D eigenvalue weighted by atomic mass is 32.2. The first-order chi connectivity index (χ1) is 11.6. The van der Waals surface area contributed by atoms with Crippen LogP contribution in [-0.4, -0.2) is 63.3 Å². The number of nitrogens with zero attached hydrogens (tertiary/aromatic N) is 2. The van der Waals surface area contributed by atoms with E-state index in [2.05, 4.69) is 5.32 Å². The molecule has 1 amide bonds. The first kappa shape index (κ1) is 19.9. The van der Waals surface area contributed by atoms with Gasteiger partial charge in [0.25, 0.3) is 0 Å². The molecule has 25 heavy (non-hydrogen) atoms. The first-order valence-electron chi connectivity index (χ1n) is 8.62. The zero-order valence-corrected chi connectivity index (χ0v) is 16.9. The van der Waals surface area contributed by atoms with Crippen molar-refractivity contribution in [3.05, 3.63) is 27.8 Å². The van der Waals surface area contributed by atoms with Gasteiger partial charge in [-0.05, 0) is 69.5 Å². The van der Waals surface area contributed by atoms with Crippen molar-refractivity contribution in [1.82, 2.24) is 14.5 Å². The summed E-state index contributed by atoms with van der Waals surface area (Å²) >= 11 is 0. The lowest BCUT2D eigenvalue weighted by Crippen LogP contribution is -2.52. The third-order valence-electron chi connectivity index (χ3n) is 5.45. The van der Waals surface area contributed by atoms with Crippen LogP contribution in [0, 0.1) is 34.6 Å². The fourth-order valence-corrected chi connectivity index (χ4v) is 5.40. The van der Waals surface area contributed by atoms with Crippen LogP contribution in [0.4, 0.5) is 0 Å². The number of likely N-dealkylation sites (N-methyl/N-ethyl adjacent to an activating group) is 1. The average molecular weight is 368 g/mol. The van der Waals surface area contributed by atoms with Crippen LogP contribution in [0.3, 0.4) is 0 Å². The molecule has 2 rings (SSSR count). The highest BCUT2D eigenvalue weighted by Crippen LogP contribution is 2.31. The second-order valence-corrected chi connectivity index (χ2v) is 8.64. The molecule has 7 heteroatoms. The summed E-state index contributed by atoms with van der Waals surface area (Å²) in [4.78, 5) is 14.1. The predicted molar refractivity (Wildman–Crippen MR) is 99.4 cm³/mol. The molecular formula is C18H29N3O3S. The molecule has 0 atom stereocenters. The van der Waals surface area contributed by atoms with Crippen molar-refractivity contribution in [2.45, 2.75) is 39.5 Å². The second kappa shape index (κ2) is 7.43. The number of piperazine rings is 1. The Bertz CT molecular complexity index is 750. The van der Waals surface area contributed by atoms with Gasteiger partial charge in [0.05, 0.1) is 11.4 Å². The van der Waals surface area contributed by atoms with Crippen LogP contribution in [-0.2, 0) is 14.8 Å². The van der Waals surface area contributed by atoms with Crippen molar-refractivity contribution in [3.8, 4) is 0 Å². The van der Waals surface area contributed by atoms with Gasteiger partial charge in [0, 0.05) is 26.2 Å². The maximum absolute atomic E-state index is 13.3. The van der Waals surface area contributed by atoms with E-state index >= 15 is 0 Å². The largest absolute Gasteiger partial charge is 0.339 e. The summed E-state index contributed by atoms with van der Waals surface area (Å²) in [6, 6.07) is 0. The normalized spacial score (nSPS) is 16.3. The molecule has 1 aliphatic heterocycles. The quantitative estimate of drug-likeness (QED) is 0.870. The lowest BCUT2D eigenvalue weighted by Gasteiger charge is -2.35. The standard InChI is InChI=1S/C18H29N3O3S/c1-12-13(2)15(4)18(16(5)14(12)3)25(23,24)21-9-7-20(8-10-21)17(22)11-19-6/h19H,7-11H2,1-6H3. The highest BCUT2D eigenvalue weighted by Gasteiger charge is 2.33. The van der Waals surface area contributed by atoms with Crippen LogP contribution in [0.5, 0.6) is 0 Å². The van der Waals surface area contributed by atoms with Crippen molar-refractivity contribution in [3.63, 3.8) is 0 Å². The minimum atomic E-state index is -3.57. The summed E-state index contributed by atoms with van der Waals surface area (Å²) in [5.74, 6) is 0.00827. The minimum Gasteiger partial charge on any atom is -0.339 e. The van der Waals surface area contributed by atoms with E-state index < -0.39 is 10.0 Å². The molecule has 0 spiro atoms. The van der Waals surface area contributed by atoms with Gasteiger partial charge < -0.3 is 10.2 Å². The average Bonchev–Trinajstić information content (AvgIpc) is 2.58. The number of hydrogen-bond acceptors (Lipinski definition) is 4. The Morgan fingerprint density at radius 2 is 1.32 bits per heavy atom. The molecule has 1 fully saturated rings. The Labute approximate surface area is 151 Å². The monoisotopic (exact) mass is 367 g/mol. The number of nitrogens with one attached hydrogen (secondary N) is 1. The van der Waals surface area contributed by atoms with Crippen molar-refractivity contribution in [2.75, 3.05) is 39.8 Å². The molecule has 0 radical (unpaired) electrons. The molecule has 6 nitrogen and oxygen atoms in total. The topological polar surface area (TPSA) is 69.7 Å². The molecule has 1 aliphatic rings. The summed E-state index contributed by atoms with van der Waals surface area (Å²) < 4.78 is 28.0. The predicted octanol–water partition coefficient (Wildman–Crippen LogP) is 1.28. The van der Waals surface area contributed by atoms with Crippen LogP contribution >= 0.6 is 0 Å². The maximum Gasteiger partial charge on any atom is 0.243 e. The number of benzene rings is 1. The van der Waals surface area contributed by atoms with Gasteiger partial charge in [0.1, 0.15) is 0 Å². The molecule has 0 aliphatic carbocycles. The van der Waals surface area contributed by atoms with E-state index in [0.29, 0.717) is 31.1 Å². The van der Waals surface area contributed by atoms with Crippen LogP contribution in [0.2, 0.25) is 0 Å². The van der Waals surface area contributed by atoms with Crippen molar-refractivity contribution >= 4 is 15.9 Å². The van der Waals surface area contributed by atoms with Gasteiger partial charge in [0.15, 0.2) is 0 Å². The Morgan fingerprint density at radius 1 is 0.880 bits per heavy atom. The molecule has 0 aromatic heterocycles. The maximum atomic E-state index is 13.3. The molecule has 0 bridgehead atoms. The zero-order chi connectivity index (χ0) is 18.9. The van der Waals surface area contributed by atoms with Crippen molar-refractivity contribution < 1.29 is 13.2 Å². The third kappa shape index (κ3) is 3.59. The molecular weight excluding hydrogens is 338 g/mol. The number of sulfonamides is 1. The minimum absolute atomic E-state index is 0.00827. The smallest absolute Gasteiger partial charge is 0.243 e. The fraction of sp³-hybridized carbons (Fsp3) is 0.611. The summed E-state index contributed by atoms with van der Waals surface area (Å²) in [7, 11) is -1.84. The SMILES string of the molecule is CNCC(=O)N1CCN(S(=O)(=O)c2c(C)c(C)c(C)c(C)c2C)CC1. The molecule has 1 N–H and O–H groups in total. The van der Waals surface area contributed by atoms with Gasteiger partial charge in [-0.1, -0.05) is 0 Å². The summed E-state index contributed by atoms with van der Waals surface area (Å²) in [5.41, 5.74) is 4.87. The number of amides is 1. The van der Waals surface area contributed by atoms with Gasteiger partial charge in [-0.15, -0.1) is 0 Å². The molecule has 140 valence electrons. The Balaban J connectivity index is 2.32. The van der Waals surface area contributed by atoms with E-state index in [1.165, 1.54) is 4.31 Å². The van der Waals surface area contributed by atoms with E-state index in [9.17, 15) is 13.2 Å². The molecule has 0 saturated carbocycles. The van der Waals surface area contributed by atoms with Gasteiger partial charge in [-0.3, -0.25) is 4.79 Å². The number of carbonyl (C=O) groups is 1. The van der Waals surface area contributed by atoms with Crippen LogP contribution < -0.4 is 5.32 Å². The molecule has 1 saturated heterocycles. The van der Waals surface area contributed by atoms with E-state index in [-0.39, 0.29) is 12.5 Å². The van der Waals surface area contributed by atoms with E-state index in [0.717, 1.165) is 27.8 Å². The first-order valence-corrected chi connectivity index (χ1v) is 10.1. The highest BCUT2D eigenvalue weighted by molar-refractivity contribution is 7.89. The van der Waals surface area contributed by atoms with E-state index in [1.54, 1.807) is 11.9 Å². The van der Waals surface area contributed by atoms with Crippen molar-refractivity contribution in [2.24, 2.45) is 0 Å². The van der Waals surface area contributed by atoms with Crippen molar-refractivity contribution in [1.29, 1.82) is 0 Å². The summed E-state index contributed by atoms with van der Waals surface area (Å²) in [5, 5.41) is 2.84. The van der Waals surface area contributed by atoms with E-state index in [4.69, 9.17) is 0 Å². The molecule has 0 unspecified atom stereocenters. The Morgan fingerprint density at radius 3 is 1.76 bits per heavy atom. The zero-order valence-electron chi connectivity index (χ0n) is 16.1. The third-order valence-corrected chi connectivity index (χ3v) is 7.62. The Kier molecular flexibility index (Phi) is 5.91. The van der Waals surface area contributed by atoms with E-state index in [1.807, 2.05) is 34.6 Å². The molecule has 1 heterocycles. The number of carbonyl (C=O) groups excluding carboxylic acids is 1. The Hall–Kier alpha value is -1.44. The van der Waals surface area contributed by atoms with Crippen LogP contribution in [0.25, 0.3) is 0 Å². The van der Waals surface area contributed by atoms with Gasteiger partial charge in [-0.25, -0.2) is 8.42 Å². The lowest BCUT2D eigenvalue weighted by atomic mass is 9.95. The summed E-state index contributed by atoms with van der Waals surface area (Å²) in [6.45, 7) is 11.6. The fourth-order valence-electron chi connectivity index (χ4n) is 3.42. The lowest BCUT2D eigenvalue weighted by molar-refractivity contribution is -0.131. The van der Waals surface area contributed by atoms with Crippen LogP contribution in [0.15, 0.2) is 4.90 Å². The van der Waals surface area contributed by atoms with Gasteiger partial charge in [-0.2, -0.15) is 4.31 Å². The number of rotatable bonds is 4. The summed E-state index contributed by atoms with van der Waals surface area (Å²) in [6.07, 6.45) is 0. The second-order valence-electron chi connectivity index (χ2n) is 6.77. The van der Waals surface area contributed by atoms with Gasteiger partial charge in [0.2, 0.25) is 15.9 Å². The number of hydrogen-bond donors (Lipinski definition) is 1. The van der Waals surface area contributed by atoms with Gasteiger partial charge >= 0.3 is 0 Å².